The summed E-state index contributed by atoms with van der Waals surface area (Å²) in [5.41, 5.74) is 6.43. The number of carbonyl (C=O) groups excluding carboxylic acids is 1. The zero-order valence-electron chi connectivity index (χ0n) is 11.7. The van der Waals surface area contributed by atoms with E-state index in [0.717, 1.165) is 11.4 Å². The van der Waals surface area contributed by atoms with Crippen LogP contribution in [0.2, 0.25) is 0 Å². The number of para-hydroxylation sites is 1. The molecule has 0 atom stereocenters. The number of aromatic nitrogens is 2. The molecule has 0 radical (unpaired) electrons. The fourth-order valence-corrected chi connectivity index (χ4v) is 2.01. The summed E-state index contributed by atoms with van der Waals surface area (Å²) in [6.07, 6.45) is 3.46. The lowest BCUT2D eigenvalue weighted by molar-refractivity contribution is 0.100. The van der Waals surface area contributed by atoms with Gasteiger partial charge in [0.05, 0.1) is 12.7 Å². The van der Waals surface area contributed by atoms with Crippen molar-refractivity contribution in [2.24, 2.45) is 5.73 Å². The lowest BCUT2D eigenvalue weighted by Gasteiger charge is -2.10. The second-order valence-corrected chi connectivity index (χ2v) is 4.66. The molecular formula is C16H14N4O2. The molecule has 6 nitrogen and oxygen atoms in total. The minimum atomic E-state index is -0.581. The van der Waals surface area contributed by atoms with Crippen molar-refractivity contribution in [1.82, 2.24) is 9.97 Å². The minimum Gasteiger partial charge on any atom is -0.469 e. The van der Waals surface area contributed by atoms with Gasteiger partial charge in [0.2, 0.25) is 0 Å². The Hall–Kier alpha value is -3.15. The van der Waals surface area contributed by atoms with E-state index in [1.54, 1.807) is 12.3 Å². The highest BCUT2D eigenvalue weighted by Crippen LogP contribution is 2.19. The van der Waals surface area contributed by atoms with Crippen molar-refractivity contribution in [3.63, 3.8) is 0 Å². The van der Waals surface area contributed by atoms with Gasteiger partial charge in [-0.15, -0.1) is 0 Å². The van der Waals surface area contributed by atoms with Gasteiger partial charge in [0, 0.05) is 11.9 Å². The fourth-order valence-electron chi connectivity index (χ4n) is 2.01. The number of nitrogens with one attached hydrogen (secondary N) is 1. The van der Waals surface area contributed by atoms with Gasteiger partial charge in [-0.1, -0.05) is 18.2 Å². The van der Waals surface area contributed by atoms with E-state index in [-0.39, 0.29) is 5.56 Å². The largest absolute Gasteiger partial charge is 0.469 e. The van der Waals surface area contributed by atoms with Gasteiger partial charge in [0.1, 0.15) is 23.0 Å². The molecule has 2 heterocycles. The Morgan fingerprint density at radius 2 is 2.00 bits per heavy atom. The van der Waals surface area contributed by atoms with Gasteiger partial charge >= 0.3 is 0 Å². The van der Waals surface area contributed by atoms with Crippen molar-refractivity contribution in [2.75, 3.05) is 5.32 Å². The molecule has 110 valence electrons. The number of rotatable bonds is 5. The molecule has 3 N–H and O–H groups in total. The molecule has 0 aliphatic carbocycles. The number of nitrogens with zero attached hydrogens (tertiary/aromatic N) is 2. The van der Waals surface area contributed by atoms with Crippen LogP contribution in [0.4, 0.5) is 11.5 Å². The standard InChI is InChI=1S/C16H14N4O2/c17-15(21)13-10-18-14(9-12-7-4-8-22-12)20-16(13)19-11-5-2-1-3-6-11/h1-8,10H,9H2,(H2,17,21)(H,18,19,20). The van der Waals surface area contributed by atoms with Crippen LogP contribution in [0.1, 0.15) is 21.9 Å². The maximum absolute atomic E-state index is 11.5. The molecule has 3 rings (SSSR count). The van der Waals surface area contributed by atoms with E-state index < -0.39 is 5.91 Å². The number of furan rings is 1. The number of hydrogen-bond acceptors (Lipinski definition) is 5. The van der Waals surface area contributed by atoms with E-state index in [0.29, 0.717) is 18.1 Å². The highest BCUT2D eigenvalue weighted by molar-refractivity contribution is 5.97. The van der Waals surface area contributed by atoms with Crippen molar-refractivity contribution in [3.8, 4) is 0 Å². The smallest absolute Gasteiger partial charge is 0.254 e. The lowest BCUT2D eigenvalue weighted by Crippen LogP contribution is -2.16. The number of carbonyl (C=O) groups is 1. The number of anilines is 2. The summed E-state index contributed by atoms with van der Waals surface area (Å²) in [6.45, 7) is 0. The number of amides is 1. The van der Waals surface area contributed by atoms with Crippen molar-refractivity contribution in [2.45, 2.75) is 6.42 Å². The minimum absolute atomic E-state index is 0.243. The molecular weight excluding hydrogens is 280 g/mol. The Labute approximate surface area is 127 Å². The molecule has 22 heavy (non-hydrogen) atoms. The van der Waals surface area contributed by atoms with Crippen molar-refractivity contribution in [1.29, 1.82) is 0 Å². The highest BCUT2D eigenvalue weighted by Gasteiger charge is 2.13. The van der Waals surface area contributed by atoms with Crippen LogP contribution in [0, 0.1) is 0 Å². The zero-order valence-corrected chi connectivity index (χ0v) is 11.7. The predicted octanol–water partition coefficient (Wildman–Crippen LogP) is 2.50. The highest BCUT2D eigenvalue weighted by atomic mass is 16.3. The Morgan fingerprint density at radius 3 is 2.68 bits per heavy atom. The summed E-state index contributed by atoms with van der Waals surface area (Å²) < 4.78 is 5.28. The SMILES string of the molecule is NC(=O)c1cnc(Cc2ccco2)nc1Nc1ccccc1. The van der Waals surface area contributed by atoms with Crippen LogP contribution in [-0.2, 0) is 6.42 Å². The lowest BCUT2D eigenvalue weighted by atomic mass is 10.2. The Balaban J connectivity index is 1.92. The average Bonchev–Trinajstić information content (AvgIpc) is 3.01. The van der Waals surface area contributed by atoms with Crippen LogP contribution in [-0.4, -0.2) is 15.9 Å². The van der Waals surface area contributed by atoms with Crippen LogP contribution in [0.3, 0.4) is 0 Å². The first-order valence-corrected chi connectivity index (χ1v) is 6.72. The molecule has 3 aromatic rings. The van der Waals surface area contributed by atoms with Gasteiger partial charge in [0.25, 0.3) is 5.91 Å². The maximum atomic E-state index is 11.5. The Bertz CT molecular complexity index is 770. The monoisotopic (exact) mass is 294 g/mol. The van der Waals surface area contributed by atoms with E-state index in [1.165, 1.54) is 6.20 Å². The van der Waals surface area contributed by atoms with Gasteiger partial charge in [-0.05, 0) is 24.3 Å². The van der Waals surface area contributed by atoms with Gasteiger partial charge in [0.15, 0.2) is 0 Å². The molecule has 0 saturated carbocycles. The van der Waals surface area contributed by atoms with Gasteiger partial charge in [-0.3, -0.25) is 4.79 Å². The summed E-state index contributed by atoms with van der Waals surface area (Å²) in [6, 6.07) is 13.1. The second kappa shape index (κ2) is 6.09. The molecule has 2 aromatic heterocycles. The zero-order chi connectivity index (χ0) is 15.4. The van der Waals surface area contributed by atoms with Crippen LogP contribution in [0.25, 0.3) is 0 Å². The molecule has 6 heteroatoms. The molecule has 0 fully saturated rings. The summed E-state index contributed by atoms with van der Waals surface area (Å²) in [7, 11) is 0. The first-order valence-electron chi connectivity index (χ1n) is 6.72. The van der Waals surface area contributed by atoms with E-state index in [2.05, 4.69) is 15.3 Å². The van der Waals surface area contributed by atoms with Crippen LogP contribution >= 0.6 is 0 Å². The molecule has 0 spiro atoms. The molecule has 0 aliphatic rings. The number of primary amides is 1. The van der Waals surface area contributed by atoms with Crippen molar-refractivity contribution < 1.29 is 9.21 Å². The van der Waals surface area contributed by atoms with Crippen LogP contribution < -0.4 is 11.1 Å². The first kappa shape index (κ1) is 13.8. The van der Waals surface area contributed by atoms with E-state index in [9.17, 15) is 4.79 Å². The fraction of sp³-hybridized carbons (Fsp3) is 0.0625. The third kappa shape index (κ3) is 3.12. The normalized spacial score (nSPS) is 10.4. The molecule has 0 unspecified atom stereocenters. The predicted molar refractivity (Wildman–Crippen MR) is 81.8 cm³/mol. The van der Waals surface area contributed by atoms with E-state index >= 15 is 0 Å². The van der Waals surface area contributed by atoms with Crippen LogP contribution in [0.5, 0.6) is 0 Å². The quantitative estimate of drug-likeness (QED) is 0.754. The Morgan fingerprint density at radius 1 is 1.18 bits per heavy atom. The first-order chi connectivity index (χ1) is 10.7. The van der Waals surface area contributed by atoms with Gasteiger partial charge in [-0.25, -0.2) is 9.97 Å². The third-order valence-corrected chi connectivity index (χ3v) is 3.05. The molecule has 1 aromatic carbocycles. The third-order valence-electron chi connectivity index (χ3n) is 3.05. The number of benzene rings is 1. The Kier molecular flexibility index (Phi) is 3.82. The average molecular weight is 294 g/mol. The number of hydrogen-bond donors (Lipinski definition) is 2. The maximum Gasteiger partial charge on any atom is 0.254 e. The summed E-state index contributed by atoms with van der Waals surface area (Å²) in [5, 5.41) is 3.09. The molecule has 0 saturated heterocycles. The summed E-state index contributed by atoms with van der Waals surface area (Å²) in [5.74, 6) is 1.09. The number of nitrogens with two attached hydrogens (primary N) is 1. The van der Waals surface area contributed by atoms with Gasteiger partial charge in [-0.2, -0.15) is 0 Å². The topological polar surface area (TPSA) is 94.0 Å². The molecule has 0 aliphatic heterocycles. The van der Waals surface area contributed by atoms with Gasteiger partial charge < -0.3 is 15.5 Å². The van der Waals surface area contributed by atoms with Crippen molar-refractivity contribution >= 4 is 17.4 Å². The summed E-state index contributed by atoms with van der Waals surface area (Å²) in [4.78, 5) is 20.1. The summed E-state index contributed by atoms with van der Waals surface area (Å²) >= 11 is 0. The van der Waals surface area contributed by atoms with Crippen molar-refractivity contribution in [3.05, 3.63) is 72.1 Å². The van der Waals surface area contributed by atoms with Crippen LogP contribution in [0.15, 0.2) is 59.3 Å². The van der Waals surface area contributed by atoms with E-state index in [1.807, 2.05) is 36.4 Å². The second-order valence-electron chi connectivity index (χ2n) is 4.66. The van der Waals surface area contributed by atoms with E-state index in [4.69, 9.17) is 10.2 Å². The molecule has 0 bridgehead atoms. The molecule has 1 amide bonds.